The van der Waals surface area contributed by atoms with Crippen LogP contribution in [0.15, 0.2) is 20.1 Å². The van der Waals surface area contributed by atoms with Crippen molar-refractivity contribution in [1.29, 1.82) is 0 Å². The van der Waals surface area contributed by atoms with Gasteiger partial charge in [-0.25, -0.2) is 13.2 Å². The van der Waals surface area contributed by atoms with Crippen LogP contribution in [-0.4, -0.2) is 49.6 Å². The van der Waals surface area contributed by atoms with Crippen molar-refractivity contribution in [2.24, 2.45) is 0 Å². The molecule has 0 unspecified atom stereocenters. The molecular formula is C11H14BrNO5S2. The van der Waals surface area contributed by atoms with Gasteiger partial charge in [0.2, 0.25) is 0 Å². The van der Waals surface area contributed by atoms with E-state index in [1.54, 1.807) is 11.4 Å². The minimum Gasteiger partial charge on any atom is -0.480 e. The molecule has 0 saturated carbocycles. The maximum absolute atomic E-state index is 12.4. The monoisotopic (exact) mass is 383 g/mol. The summed E-state index contributed by atoms with van der Waals surface area (Å²) in [7, 11) is -3.47. The number of carbonyl (C=O) groups is 1. The average Bonchev–Trinajstić information content (AvgIpc) is 2.84. The zero-order valence-electron chi connectivity index (χ0n) is 10.5. The number of piperidine rings is 1. The van der Waals surface area contributed by atoms with Gasteiger partial charge in [-0.05, 0) is 40.2 Å². The molecular weight excluding hydrogens is 370 g/mol. The van der Waals surface area contributed by atoms with Crippen molar-refractivity contribution < 1.29 is 23.1 Å². The molecule has 1 saturated heterocycles. The van der Waals surface area contributed by atoms with Crippen LogP contribution in [0.1, 0.15) is 12.8 Å². The molecule has 0 radical (unpaired) electrons. The van der Waals surface area contributed by atoms with Gasteiger partial charge in [-0.3, -0.25) is 0 Å². The molecule has 1 aliphatic heterocycles. The molecule has 1 aromatic heterocycles. The number of nitrogens with zero attached hydrogens (tertiary/aromatic N) is 1. The highest BCUT2D eigenvalue weighted by Gasteiger charge is 2.31. The average molecular weight is 384 g/mol. The maximum atomic E-state index is 12.4. The van der Waals surface area contributed by atoms with Crippen LogP contribution in [0.3, 0.4) is 0 Å². The lowest BCUT2D eigenvalue weighted by molar-refractivity contribution is -0.145. The first-order valence-electron chi connectivity index (χ1n) is 5.98. The quantitative estimate of drug-likeness (QED) is 0.837. The minimum atomic E-state index is -3.47. The lowest BCUT2D eigenvalue weighted by Crippen LogP contribution is -2.41. The van der Waals surface area contributed by atoms with Crippen molar-refractivity contribution in [2.45, 2.75) is 23.2 Å². The lowest BCUT2D eigenvalue weighted by Gasteiger charge is -2.30. The van der Waals surface area contributed by atoms with Crippen molar-refractivity contribution in [3.63, 3.8) is 0 Å². The number of carboxylic acids is 1. The van der Waals surface area contributed by atoms with Gasteiger partial charge in [0.05, 0.1) is 6.10 Å². The predicted molar refractivity (Wildman–Crippen MR) is 77.4 cm³/mol. The van der Waals surface area contributed by atoms with E-state index in [4.69, 9.17) is 9.84 Å². The van der Waals surface area contributed by atoms with Crippen molar-refractivity contribution >= 4 is 43.3 Å². The van der Waals surface area contributed by atoms with Crippen molar-refractivity contribution in [3.8, 4) is 0 Å². The molecule has 0 atom stereocenters. The summed E-state index contributed by atoms with van der Waals surface area (Å²) in [6, 6.07) is 1.71. The molecule has 20 heavy (non-hydrogen) atoms. The first-order valence-corrected chi connectivity index (χ1v) is 9.09. The lowest BCUT2D eigenvalue weighted by atomic mass is 10.1. The van der Waals surface area contributed by atoms with Gasteiger partial charge in [-0.15, -0.1) is 11.3 Å². The zero-order valence-corrected chi connectivity index (χ0v) is 13.7. The first kappa shape index (κ1) is 15.9. The molecule has 6 nitrogen and oxygen atoms in total. The van der Waals surface area contributed by atoms with Gasteiger partial charge in [0, 0.05) is 17.6 Å². The molecule has 1 aliphatic rings. The molecule has 0 aliphatic carbocycles. The zero-order chi connectivity index (χ0) is 14.8. The van der Waals surface area contributed by atoms with Crippen LogP contribution in [0.4, 0.5) is 0 Å². The highest BCUT2D eigenvalue weighted by Crippen LogP contribution is 2.31. The predicted octanol–water partition coefficient (Wildman–Crippen LogP) is 1.76. The van der Waals surface area contributed by atoms with E-state index in [1.165, 1.54) is 15.6 Å². The summed E-state index contributed by atoms with van der Waals surface area (Å²) in [6.45, 7) is 0.349. The van der Waals surface area contributed by atoms with Crippen molar-refractivity contribution in [1.82, 2.24) is 4.31 Å². The number of hydrogen-bond donors (Lipinski definition) is 1. The number of rotatable bonds is 5. The third-order valence-corrected chi connectivity index (χ3v) is 7.55. The van der Waals surface area contributed by atoms with Crippen molar-refractivity contribution in [2.75, 3.05) is 19.7 Å². The van der Waals surface area contributed by atoms with E-state index in [9.17, 15) is 13.2 Å². The van der Waals surface area contributed by atoms with Gasteiger partial charge < -0.3 is 9.84 Å². The Balaban J connectivity index is 1.97. The Bertz CT molecular complexity index is 577. The molecule has 2 heterocycles. The highest BCUT2D eigenvalue weighted by molar-refractivity contribution is 9.10. The van der Waals surface area contributed by atoms with E-state index in [1.807, 2.05) is 0 Å². The van der Waals surface area contributed by atoms with Crippen LogP contribution >= 0.6 is 27.3 Å². The number of thiophene rings is 1. The van der Waals surface area contributed by atoms with Gasteiger partial charge in [0.1, 0.15) is 10.8 Å². The molecule has 1 N–H and O–H groups in total. The van der Waals surface area contributed by atoms with Crippen LogP contribution < -0.4 is 0 Å². The number of aliphatic carboxylic acids is 1. The summed E-state index contributed by atoms with van der Waals surface area (Å²) < 4.78 is 32.3. The summed E-state index contributed by atoms with van der Waals surface area (Å²) in [5, 5.41) is 10.3. The number of carboxylic acid groups (broad SMARTS) is 1. The number of sulfonamides is 1. The summed E-state index contributed by atoms with van der Waals surface area (Å²) >= 11 is 4.42. The third-order valence-electron chi connectivity index (χ3n) is 3.00. The summed E-state index contributed by atoms with van der Waals surface area (Å²) in [5.41, 5.74) is 0. The second-order valence-corrected chi connectivity index (χ2v) is 8.27. The van der Waals surface area contributed by atoms with E-state index in [-0.39, 0.29) is 12.7 Å². The molecule has 2 rings (SSSR count). The van der Waals surface area contributed by atoms with E-state index < -0.39 is 16.0 Å². The van der Waals surface area contributed by atoms with E-state index in [0.717, 1.165) is 0 Å². The molecule has 0 bridgehead atoms. The van der Waals surface area contributed by atoms with Gasteiger partial charge >= 0.3 is 5.97 Å². The normalized spacial score (nSPS) is 18.2. The van der Waals surface area contributed by atoms with Gasteiger partial charge in [-0.2, -0.15) is 4.31 Å². The summed E-state index contributed by atoms with van der Waals surface area (Å²) in [4.78, 5) is 10.4. The van der Waals surface area contributed by atoms with Crippen LogP contribution in [0, 0.1) is 0 Å². The number of ether oxygens (including phenoxy) is 1. The Labute approximate surface area is 129 Å². The molecule has 9 heteroatoms. The minimum absolute atomic E-state index is 0.190. The fourth-order valence-electron chi connectivity index (χ4n) is 2.01. The van der Waals surface area contributed by atoms with Crippen LogP contribution in [0.2, 0.25) is 0 Å². The molecule has 0 spiro atoms. The molecule has 1 fully saturated rings. The standard InChI is InChI=1S/C11H14BrNO5S2/c12-9-3-6-19-11(9)20(16,17)13-4-1-8(2-5-13)18-7-10(14)15/h3,6,8H,1-2,4-5,7H2,(H,14,15). The third kappa shape index (κ3) is 3.59. The van der Waals surface area contributed by atoms with Crippen LogP contribution in [0.25, 0.3) is 0 Å². The topological polar surface area (TPSA) is 83.9 Å². The molecule has 0 aromatic carbocycles. The van der Waals surface area contributed by atoms with E-state index >= 15 is 0 Å². The smallest absolute Gasteiger partial charge is 0.329 e. The first-order chi connectivity index (χ1) is 9.41. The Kier molecular flexibility index (Phi) is 5.19. The Hall–Kier alpha value is -0.480. The maximum Gasteiger partial charge on any atom is 0.329 e. The van der Waals surface area contributed by atoms with Gasteiger partial charge in [0.25, 0.3) is 10.0 Å². The van der Waals surface area contributed by atoms with Crippen LogP contribution in [0.5, 0.6) is 0 Å². The Morgan fingerprint density at radius 2 is 2.15 bits per heavy atom. The molecule has 112 valence electrons. The SMILES string of the molecule is O=C(O)COC1CCN(S(=O)(=O)c2sccc2Br)CC1. The second kappa shape index (κ2) is 6.52. The van der Waals surface area contributed by atoms with E-state index in [2.05, 4.69) is 15.9 Å². The molecule has 1 aromatic rings. The number of halogens is 1. The van der Waals surface area contributed by atoms with Crippen LogP contribution in [-0.2, 0) is 19.6 Å². The summed E-state index contributed by atoms with van der Waals surface area (Å²) in [5.74, 6) is -1.01. The largest absolute Gasteiger partial charge is 0.480 e. The fourth-order valence-corrected chi connectivity index (χ4v) is 5.93. The van der Waals surface area contributed by atoms with Gasteiger partial charge in [-0.1, -0.05) is 0 Å². The number of hydrogen-bond acceptors (Lipinski definition) is 5. The van der Waals surface area contributed by atoms with Gasteiger partial charge in [0.15, 0.2) is 0 Å². The highest BCUT2D eigenvalue weighted by atomic mass is 79.9. The van der Waals surface area contributed by atoms with Crippen molar-refractivity contribution in [3.05, 3.63) is 15.9 Å². The Morgan fingerprint density at radius 1 is 1.50 bits per heavy atom. The fraction of sp³-hybridized carbons (Fsp3) is 0.545. The Morgan fingerprint density at radius 3 is 2.65 bits per heavy atom. The summed E-state index contributed by atoms with van der Waals surface area (Å²) in [6.07, 6.45) is 0.828. The second-order valence-electron chi connectivity index (χ2n) is 4.36. The molecule has 0 amide bonds. The van der Waals surface area contributed by atoms with E-state index in [0.29, 0.717) is 34.6 Å².